The van der Waals surface area contributed by atoms with E-state index >= 15 is 0 Å². The van der Waals surface area contributed by atoms with E-state index in [9.17, 15) is 18.0 Å². The number of alkyl halides is 3. The highest BCUT2D eigenvalue weighted by molar-refractivity contribution is 7.80. The van der Waals surface area contributed by atoms with E-state index < -0.39 is 24.2 Å². The van der Waals surface area contributed by atoms with Crippen molar-refractivity contribution in [3.8, 4) is 0 Å². The minimum Gasteiger partial charge on any atom is -0.367 e. The zero-order chi connectivity index (χ0) is 20.5. The first-order valence-electron chi connectivity index (χ1n) is 8.50. The molecule has 1 aliphatic heterocycles. The Morgan fingerprint density at radius 1 is 1.32 bits per heavy atom. The normalized spacial score (nSPS) is 18.6. The van der Waals surface area contributed by atoms with Gasteiger partial charge in [0, 0.05) is 11.7 Å². The van der Waals surface area contributed by atoms with Gasteiger partial charge in [-0.1, -0.05) is 18.2 Å². The molecule has 0 radical (unpaired) electrons. The molecule has 28 heavy (non-hydrogen) atoms. The first-order valence-corrected chi connectivity index (χ1v) is 8.91. The monoisotopic (exact) mass is 412 g/mol. The summed E-state index contributed by atoms with van der Waals surface area (Å²) < 4.78 is 40.6. The topological polar surface area (TPSA) is 83.0 Å². The Labute approximate surface area is 164 Å². The SMILES string of the molecule is Cc1ccccc1NC(=S)NNC(=O)c1cnn2c1N[C@@H](C)C[C@@H]2C(F)(F)F. The summed E-state index contributed by atoms with van der Waals surface area (Å²) in [4.78, 5) is 12.4. The summed E-state index contributed by atoms with van der Waals surface area (Å²) in [5, 5.41) is 9.72. The molecule has 2 aromatic rings. The van der Waals surface area contributed by atoms with Crippen molar-refractivity contribution >= 4 is 34.7 Å². The van der Waals surface area contributed by atoms with E-state index in [1.807, 2.05) is 31.2 Å². The molecule has 2 atom stereocenters. The lowest BCUT2D eigenvalue weighted by molar-refractivity contribution is -0.173. The zero-order valence-electron chi connectivity index (χ0n) is 15.1. The Morgan fingerprint density at radius 3 is 2.71 bits per heavy atom. The molecule has 4 N–H and O–H groups in total. The van der Waals surface area contributed by atoms with Gasteiger partial charge in [0.1, 0.15) is 11.4 Å². The molecule has 1 aromatic heterocycles. The number of aryl methyl sites for hydroxylation is 1. The smallest absolute Gasteiger partial charge is 0.367 e. The van der Waals surface area contributed by atoms with Crippen molar-refractivity contribution in [2.75, 3.05) is 10.6 Å². The summed E-state index contributed by atoms with van der Waals surface area (Å²) in [5.74, 6) is -0.629. The van der Waals surface area contributed by atoms with Crippen LogP contribution in [0.15, 0.2) is 30.5 Å². The van der Waals surface area contributed by atoms with E-state index in [-0.39, 0.29) is 22.9 Å². The molecular weight excluding hydrogens is 393 g/mol. The van der Waals surface area contributed by atoms with Crippen LogP contribution in [0.3, 0.4) is 0 Å². The number of thiocarbonyl (C=S) groups is 1. The van der Waals surface area contributed by atoms with Crippen LogP contribution in [0.4, 0.5) is 24.7 Å². The lowest BCUT2D eigenvalue weighted by Crippen LogP contribution is -2.44. The van der Waals surface area contributed by atoms with Gasteiger partial charge < -0.3 is 10.6 Å². The number of anilines is 2. The van der Waals surface area contributed by atoms with Crippen LogP contribution in [0.5, 0.6) is 0 Å². The number of halogens is 3. The summed E-state index contributed by atoms with van der Waals surface area (Å²) in [7, 11) is 0. The summed E-state index contributed by atoms with van der Waals surface area (Å²) in [6.45, 7) is 3.52. The maximum atomic E-state index is 13.3. The molecule has 150 valence electrons. The van der Waals surface area contributed by atoms with Crippen molar-refractivity contribution < 1.29 is 18.0 Å². The molecule has 3 rings (SSSR count). The van der Waals surface area contributed by atoms with Crippen LogP contribution in [0, 0.1) is 6.92 Å². The third kappa shape index (κ3) is 4.19. The van der Waals surface area contributed by atoms with Crippen LogP contribution >= 0.6 is 12.2 Å². The predicted molar refractivity (Wildman–Crippen MR) is 103 cm³/mol. The number of amides is 1. The number of hydrogen-bond acceptors (Lipinski definition) is 4. The van der Waals surface area contributed by atoms with Gasteiger partial charge in [-0.15, -0.1) is 0 Å². The summed E-state index contributed by atoms with van der Waals surface area (Å²) in [5.41, 5.74) is 6.63. The predicted octanol–water partition coefficient (Wildman–Crippen LogP) is 3.13. The maximum absolute atomic E-state index is 13.3. The number of hydrogen-bond donors (Lipinski definition) is 4. The van der Waals surface area contributed by atoms with Gasteiger partial charge in [-0.3, -0.25) is 15.6 Å². The Kier molecular flexibility index (Phi) is 5.45. The highest BCUT2D eigenvalue weighted by Crippen LogP contribution is 2.39. The maximum Gasteiger partial charge on any atom is 0.410 e. The lowest BCUT2D eigenvalue weighted by Gasteiger charge is -2.31. The summed E-state index contributed by atoms with van der Waals surface area (Å²) >= 11 is 5.13. The number of carbonyl (C=O) groups excluding carboxylic acids is 1. The molecule has 0 saturated heterocycles. The molecule has 11 heteroatoms. The molecule has 1 aliphatic rings. The molecule has 0 unspecified atom stereocenters. The fourth-order valence-corrected chi connectivity index (χ4v) is 3.12. The fraction of sp³-hybridized carbons (Fsp3) is 0.353. The molecule has 0 saturated carbocycles. The third-order valence-corrected chi connectivity index (χ3v) is 4.56. The number of carbonyl (C=O) groups is 1. The van der Waals surface area contributed by atoms with Gasteiger partial charge in [-0.2, -0.15) is 18.3 Å². The van der Waals surface area contributed by atoms with Crippen molar-refractivity contribution in [1.82, 2.24) is 20.6 Å². The Hall–Kier alpha value is -2.82. The first kappa shape index (κ1) is 19.9. The molecule has 0 fully saturated rings. The molecule has 7 nitrogen and oxygen atoms in total. The van der Waals surface area contributed by atoms with E-state index in [1.165, 1.54) is 0 Å². The number of para-hydroxylation sites is 1. The van der Waals surface area contributed by atoms with Gasteiger partial charge in [-0.25, -0.2) is 4.68 Å². The molecule has 0 spiro atoms. The second-order valence-corrected chi connectivity index (χ2v) is 6.95. The van der Waals surface area contributed by atoms with E-state index in [0.717, 1.165) is 22.1 Å². The lowest BCUT2D eigenvalue weighted by atomic mass is 10.1. The van der Waals surface area contributed by atoms with Gasteiger partial charge >= 0.3 is 6.18 Å². The summed E-state index contributed by atoms with van der Waals surface area (Å²) in [6, 6.07) is 5.19. The van der Waals surface area contributed by atoms with Crippen molar-refractivity contribution in [2.45, 2.75) is 38.5 Å². The van der Waals surface area contributed by atoms with Crippen LogP contribution in [0.25, 0.3) is 0 Å². The second-order valence-electron chi connectivity index (χ2n) is 6.54. The van der Waals surface area contributed by atoms with Crippen molar-refractivity contribution in [3.05, 3.63) is 41.6 Å². The highest BCUT2D eigenvalue weighted by atomic mass is 32.1. The Morgan fingerprint density at radius 2 is 2.04 bits per heavy atom. The average Bonchev–Trinajstić information content (AvgIpc) is 3.03. The molecule has 0 aliphatic carbocycles. The minimum atomic E-state index is -4.46. The quantitative estimate of drug-likeness (QED) is 0.448. The van der Waals surface area contributed by atoms with E-state index in [1.54, 1.807) is 6.92 Å². The number of aromatic nitrogens is 2. The van der Waals surface area contributed by atoms with E-state index in [4.69, 9.17) is 12.2 Å². The minimum absolute atomic E-state index is 0.00742. The second kappa shape index (κ2) is 7.66. The standard InChI is InChI=1S/C17H19F3N6OS/c1-9-5-3-4-6-12(9)23-16(28)25-24-15(27)11-8-21-26-13(17(18,19)20)7-10(2)22-14(11)26/h3-6,8,10,13,22H,7H2,1-2H3,(H,24,27)(H2,23,25,28)/t10-,13+/m0/s1. The fourth-order valence-electron chi connectivity index (χ4n) is 2.96. The Bertz CT molecular complexity index is 897. The van der Waals surface area contributed by atoms with E-state index in [2.05, 4.69) is 26.6 Å². The number of hydrazine groups is 1. The zero-order valence-corrected chi connectivity index (χ0v) is 15.9. The molecule has 1 aromatic carbocycles. The van der Waals surface area contributed by atoms with Crippen molar-refractivity contribution in [1.29, 1.82) is 0 Å². The van der Waals surface area contributed by atoms with Crippen LogP contribution < -0.4 is 21.5 Å². The van der Waals surface area contributed by atoms with Gasteiger partial charge in [-0.05, 0) is 44.1 Å². The van der Waals surface area contributed by atoms with Crippen LogP contribution in [0.2, 0.25) is 0 Å². The molecule has 1 amide bonds. The van der Waals surface area contributed by atoms with Crippen molar-refractivity contribution in [3.63, 3.8) is 0 Å². The Balaban J connectivity index is 1.68. The van der Waals surface area contributed by atoms with Gasteiger partial charge in [0.15, 0.2) is 11.2 Å². The average molecular weight is 412 g/mol. The molecular formula is C17H19F3N6OS. The molecule has 2 heterocycles. The largest absolute Gasteiger partial charge is 0.410 e. The van der Waals surface area contributed by atoms with Crippen LogP contribution in [-0.4, -0.2) is 33.0 Å². The number of nitrogens with one attached hydrogen (secondary N) is 4. The number of benzene rings is 1. The van der Waals surface area contributed by atoms with E-state index in [0.29, 0.717) is 0 Å². The van der Waals surface area contributed by atoms with Gasteiger partial charge in [0.2, 0.25) is 0 Å². The number of fused-ring (bicyclic) bond motifs is 1. The number of nitrogens with zero attached hydrogens (tertiary/aromatic N) is 2. The van der Waals surface area contributed by atoms with Gasteiger partial charge in [0.25, 0.3) is 5.91 Å². The first-order chi connectivity index (χ1) is 13.2. The number of rotatable bonds is 2. The highest BCUT2D eigenvalue weighted by Gasteiger charge is 2.46. The molecule has 0 bridgehead atoms. The van der Waals surface area contributed by atoms with Crippen LogP contribution in [-0.2, 0) is 0 Å². The summed E-state index contributed by atoms with van der Waals surface area (Å²) in [6.07, 6.45) is -3.52. The van der Waals surface area contributed by atoms with Crippen LogP contribution in [0.1, 0.15) is 35.3 Å². The van der Waals surface area contributed by atoms with Crippen molar-refractivity contribution in [2.24, 2.45) is 0 Å². The van der Waals surface area contributed by atoms with Gasteiger partial charge in [0.05, 0.1) is 6.20 Å². The third-order valence-electron chi connectivity index (χ3n) is 4.36.